The van der Waals surface area contributed by atoms with Gasteiger partial charge in [-0.25, -0.2) is 0 Å². The Bertz CT molecular complexity index is 1550. The van der Waals surface area contributed by atoms with Crippen molar-refractivity contribution in [1.82, 2.24) is 5.32 Å². The van der Waals surface area contributed by atoms with E-state index < -0.39 is 86.8 Å². The smallest absolute Gasteiger partial charge is 0.220 e. The molecule has 0 spiro atoms. The molecule has 2 fully saturated rings. The highest BCUT2D eigenvalue weighted by atomic mass is 16.7. The van der Waals surface area contributed by atoms with E-state index in [1.165, 1.54) is 212 Å². The van der Waals surface area contributed by atoms with Crippen molar-refractivity contribution in [2.75, 3.05) is 19.8 Å². The first-order valence-corrected chi connectivity index (χ1v) is 35.2. The van der Waals surface area contributed by atoms with E-state index in [4.69, 9.17) is 18.9 Å². The van der Waals surface area contributed by atoms with E-state index >= 15 is 0 Å². The molecule has 12 unspecified atom stereocenters. The minimum Gasteiger partial charge on any atom is -0.394 e. The van der Waals surface area contributed by atoms with Crippen LogP contribution in [0.4, 0.5) is 0 Å². The second kappa shape index (κ2) is 55.3. The van der Waals surface area contributed by atoms with Gasteiger partial charge in [0.25, 0.3) is 0 Å². The summed E-state index contributed by atoms with van der Waals surface area (Å²) in [6, 6.07) is -0.833. The van der Waals surface area contributed by atoms with Gasteiger partial charge >= 0.3 is 0 Å². The van der Waals surface area contributed by atoms with Crippen LogP contribution in [0.3, 0.4) is 0 Å². The first-order chi connectivity index (χ1) is 41.1. The van der Waals surface area contributed by atoms with Gasteiger partial charge in [-0.1, -0.05) is 288 Å². The first kappa shape index (κ1) is 78.3. The highest BCUT2D eigenvalue weighted by molar-refractivity contribution is 5.76. The summed E-state index contributed by atoms with van der Waals surface area (Å²) in [4.78, 5) is 13.4. The molecular weight excluding hydrogens is 1060 g/mol. The molecule has 2 heterocycles. The maximum absolute atomic E-state index is 13.4. The summed E-state index contributed by atoms with van der Waals surface area (Å²) in [5.41, 5.74) is 0. The van der Waals surface area contributed by atoms with Crippen LogP contribution in [-0.4, -0.2) is 140 Å². The van der Waals surface area contributed by atoms with Crippen molar-refractivity contribution in [3.63, 3.8) is 0 Å². The van der Waals surface area contributed by atoms with E-state index in [9.17, 15) is 45.6 Å². The zero-order valence-corrected chi connectivity index (χ0v) is 53.7. The topological polar surface area (TPSA) is 228 Å². The molecule has 2 rings (SSSR count). The second-order valence-electron chi connectivity index (χ2n) is 25.0. The molecule has 1 amide bonds. The van der Waals surface area contributed by atoms with Gasteiger partial charge in [0, 0.05) is 6.42 Å². The number of unbranched alkanes of at least 4 members (excludes halogenated alkanes) is 39. The Morgan fingerprint density at radius 2 is 0.786 bits per heavy atom. The molecule has 14 nitrogen and oxygen atoms in total. The van der Waals surface area contributed by atoms with Gasteiger partial charge in [-0.2, -0.15) is 0 Å². The number of carbonyl (C=O) groups is 1. The third-order valence-corrected chi connectivity index (χ3v) is 17.4. The number of hydrogen-bond acceptors (Lipinski definition) is 13. The number of allylic oxidation sites excluding steroid dienone is 6. The van der Waals surface area contributed by atoms with Crippen molar-refractivity contribution in [3.8, 4) is 0 Å². The predicted octanol–water partition coefficient (Wildman–Crippen LogP) is 14.1. The molecule has 2 aliphatic rings. The maximum Gasteiger partial charge on any atom is 0.220 e. The van der Waals surface area contributed by atoms with Gasteiger partial charge in [-0.15, -0.1) is 0 Å². The molecule has 84 heavy (non-hydrogen) atoms. The molecule has 0 aromatic heterocycles. The van der Waals surface area contributed by atoms with Crippen molar-refractivity contribution >= 4 is 5.91 Å². The Hall–Kier alpha value is -1.79. The molecule has 0 aliphatic carbocycles. The molecule has 2 aliphatic heterocycles. The number of carbonyl (C=O) groups excluding carboxylic acids is 1. The van der Waals surface area contributed by atoms with Crippen molar-refractivity contribution < 1.29 is 64.6 Å². The molecule has 9 N–H and O–H groups in total. The molecule has 494 valence electrons. The van der Waals surface area contributed by atoms with Crippen LogP contribution < -0.4 is 5.32 Å². The summed E-state index contributed by atoms with van der Waals surface area (Å²) in [6.45, 7) is 2.89. The Labute approximate surface area is 512 Å². The molecule has 2 saturated heterocycles. The lowest BCUT2D eigenvalue weighted by atomic mass is 9.97. The lowest BCUT2D eigenvalue weighted by Gasteiger charge is -2.46. The number of ether oxygens (including phenoxy) is 4. The predicted molar refractivity (Wildman–Crippen MR) is 341 cm³/mol. The lowest BCUT2D eigenvalue weighted by Crippen LogP contribution is -2.65. The van der Waals surface area contributed by atoms with E-state index in [-0.39, 0.29) is 12.5 Å². The zero-order chi connectivity index (χ0) is 60.9. The summed E-state index contributed by atoms with van der Waals surface area (Å²) in [7, 11) is 0. The summed E-state index contributed by atoms with van der Waals surface area (Å²) < 4.78 is 22.9. The van der Waals surface area contributed by atoms with Crippen LogP contribution in [0.5, 0.6) is 0 Å². The van der Waals surface area contributed by atoms with E-state index in [1.807, 2.05) is 0 Å². The molecule has 0 radical (unpaired) electrons. The number of aliphatic hydroxyl groups is 8. The van der Waals surface area contributed by atoms with Crippen molar-refractivity contribution in [2.45, 2.75) is 383 Å². The normalized spacial score (nSPS) is 23.8. The fourth-order valence-electron chi connectivity index (χ4n) is 11.7. The van der Waals surface area contributed by atoms with Gasteiger partial charge in [0.15, 0.2) is 12.6 Å². The largest absolute Gasteiger partial charge is 0.394 e. The fourth-order valence-corrected chi connectivity index (χ4v) is 11.7. The van der Waals surface area contributed by atoms with Crippen LogP contribution in [0.25, 0.3) is 0 Å². The summed E-state index contributed by atoms with van der Waals surface area (Å²) in [5.74, 6) is -0.207. The molecule has 0 bridgehead atoms. The number of aliphatic hydroxyl groups excluding tert-OH is 8. The zero-order valence-electron chi connectivity index (χ0n) is 53.7. The third kappa shape index (κ3) is 39.3. The lowest BCUT2D eigenvalue weighted by molar-refractivity contribution is -0.359. The van der Waals surface area contributed by atoms with Crippen LogP contribution in [0.1, 0.15) is 309 Å². The monoisotopic (exact) mass is 1190 g/mol. The Morgan fingerprint density at radius 1 is 0.429 bits per heavy atom. The van der Waals surface area contributed by atoms with Crippen LogP contribution in [0.2, 0.25) is 0 Å². The van der Waals surface area contributed by atoms with Crippen LogP contribution >= 0.6 is 0 Å². The SMILES string of the molecule is CCCCCCC/C=C\C/C=C\C/C=C\CCCCCCCCCCCCC(=O)NC(COC1OC(CO)C(OC2OC(CO)C(O)C(O)C2O)C(O)C1O)C(O)CCCCCCCCCCCCCCCCCCCCCCCCCCC. The molecule has 12 atom stereocenters. The van der Waals surface area contributed by atoms with Crippen molar-refractivity contribution in [3.05, 3.63) is 36.5 Å². The van der Waals surface area contributed by atoms with Gasteiger partial charge in [-0.05, 0) is 51.4 Å². The number of nitrogens with one attached hydrogen (secondary N) is 1. The van der Waals surface area contributed by atoms with Gasteiger partial charge in [0.2, 0.25) is 5.91 Å². The molecule has 0 saturated carbocycles. The first-order valence-electron chi connectivity index (χ1n) is 35.2. The van der Waals surface area contributed by atoms with Crippen molar-refractivity contribution in [2.24, 2.45) is 0 Å². The summed E-state index contributed by atoms with van der Waals surface area (Å²) in [5, 5.41) is 87.6. The molecule has 14 heteroatoms. The average molecular weight is 1190 g/mol. The molecule has 0 aromatic rings. The van der Waals surface area contributed by atoms with E-state index in [1.54, 1.807) is 0 Å². The van der Waals surface area contributed by atoms with Gasteiger partial charge in [-0.3, -0.25) is 4.79 Å². The highest BCUT2D eigenvalue weighted by Crippen LogP contribution is 2.30. The van der Waals surface area contributed by atoms with E-state index in [0.717, 1.165) is 70.6 Å². The fraction of sp³-hybridized carbons (Fsp3) is 0.900. The van der Waals surface area contributed by atoms with Gasteiger partial charge in [0.05, 0.1) is 32.0 Å². The summed E-state index contributed by atoms with van der Waals surface area (Å²) in [6.07, 6.45) is 52.9. The number of rotatable bonds is 58. The minimum atomic E-state index is -1.78. The minimum absolute atomic E-state index is 0.207. The maximum atomic E-state index is 13.4. The van der Waals surface area contributed by atoms with Crippen LogP contribution in [0.15, 0.2) is 36.5 Å². The Kier molecular flexibility index (Phi) is 51.5. The van der Waals surface area contributed by atoms with Crippen LogP contribution in [0, 0.1) is 0 Å². The Morgan fingerprint density at radius 3 is 1.20 bits per heavy atom. The van der Waals surface area contributed by atoms with E-state index in [0.29, 0.717) is 12.8 Å². The van der Waals surface area contributed by atoms with Crippen LogP contribution in [-0.2, 0) is 23.7 Å². The number of hydrogen-bond donors (Lipinski definition) is 9. The third-order valence-electron chi connectivity index (χ3n) is 17.4. The van der Waals surface area contributed by atoms with Gasteiger partial charge < -0.3 is 65.1 Å². The molecular formula is C70H131NO13. The molecule has 0 aromatic carbocycles. The van der Waals surface area contributed by atoms with E-state index in [2.05, 4.69) is 55.6 Å². The number of amides is 1. The standard InChI is InChI=1S/C70H131NO13/c1-3-5-7-9-11-13-15-17-19-21-23-25-27-29-31-33-35-37-39-41-43-45-47-49-51-53-59(74)58(57-81-69-67(80)65(78)68(61(56-73)83-69)84-70-66(79)64(77)63(76)60(55-72)82-70)71-62(75)54-52-50-48-46-44-42-40-38-36-34-32-30-28-26-24-22-20-18-16-14-12-10-8-6-4-2/h16,18,22,24,28,30,58-61,63-70,72-74,76-80H,3-15,17,19-21,23,25-27,29,31-57H2,1-2H3,(H,71,75)/b18-16-,24-22-,30-28-. The Balaban J connectivity index is 1.68. The second-order valence-corrected chi connectivity index (χ2v) is 25.0. The highest BCUT2D eigenvalue weighted by Gasteiger charge is 2.51. The van der Waals surface area contributed by atoms with Crippen molar-refractivity contribution in [1.29, 1.82) is 0 Å². The average Bonchev–Trinajstić information content (AvgIpc) is 3.18. The quantitative estimate of drug-likeness (QED) is 0.0204. The summed E-state index contributed by atoms with van der Waals surface area (Å²) >= 11 is 0. The van der Waals surface area contributed by atoms with Gasteiger partial charge in [0.1, 0.15) is 48.8 Å².